The lowest BCUT2D eigenvalue weighted by Gasteiger charge is -2.09. The van der Waals surface area contributed by atoms with Crippen LogP contribution >= 0.6 is 0 Å². The lowest BCUT2D eigenvalue weighted by molar-refractivity contribution is 0.481. The number of rotatable bonds is 8. The largest absolute Gasteiger partial charge is 0.457 e. The normalized spacial score (nSPS) is 10.5. The highest BCUT2D eigenvalue weighted by atomic mass is 16.5. The minimum atomic E-state index is 0.668. The van der Waals surface area contributed by atoms with E-state index in [0.717, 1.165) is 35.8 Å². The molecular weight excluding hydrogens is 416 g/mol. The summed E-state index contributed by atoms with van der Waals surface area (Å²) in [6, 6.07) is 36.4. The van der Waals surface area contributed by atoms with Gasteiger partial charge in [-0.3, -0.25) is 0 Å². The highest BCUT2D eigenvalue weighted by Gasteiger charge is 2.01. The maximum absolute atomic E-state index is 5.80. The Morgan fingerprint density at radius 1 is 0.441 bits per heavy atom. The molecule has 2 heteroatoms. The molecule has 0 amide bonds. The fraction of sp³-hybridized carbons (Fsp3) is 0.250. The number of hydrogen-bond donors (Lipinski definition) is 0. The predicted molar refractivity (Wildman–Crippen MR) is 143 cm³/mol. The predicted octanol–water partition coefficient (Wildman–Crippen LogP) is 9.35. The van der Waals surface area contributed by atoms with Crippen molar-refractivity contribution in [2.75, 3.05) is 0 Å². The molecule has 0 atom stereocenters. The van der Waals surface area contributed by atoms with Crippen LogP contribution in [0.25, 0.3) is 0 Å². The molecule has 0 N–H and O–H groups in total. The average molecular weight is 453 g/mol. The van der Waals surface area contributed by atoms with Crippen LogP contribution in [0.1, 0.15) is 38.8 Å². The summed E-state index contributed by atoms with van der Waals surface area (Å²) in [4.78, 5) is 0. The van der Waals surface area contributed by atoms with Gasteiger partial charge in [-0.25, -0.2) is 0 Å². The van der Waals surface area contributed by atoms with E-state index in [-0.39, 0.29) is 0 Å². The zero-order valence-corrected chi connectivity index (χ0v) is 20.8. The van der Waals surface area contributed by atoms with Gasteiger partial charge in [0, 0.05) is 0 Å². The van der Waals surface area contributed by atoms with Crippen molar-refractivity contribution < 1.29 is 9.47 Å². The van der Waals surface area contributed by atoms with E-state index in [1.54, 1.807) is 0 Å². The molecular formula is C32H36O2. The molecule has 0 aliphatic carbocycles. The molecule has 34 heavy (non-hydrogen) atoms. The Bertz CT molecular complexity index is 1080. The van der Waals surface area contributed by atoms with Crippen molar-refractivity contribution in [3.05, 3.63) is 120 Å². The molecule has 4 aromatic carbocycles. The molecule has 0 radical (unpaired) electrons. The minimum absolute atomic E-state index is 0.668. The van der Waals surface area contributed by atoms with Crippen LogP contribution in [0.2, 0.25) is 0 Å². The summed E-state index contributed by atoms with van der Waals surface area (Å²) in [6.07, 6.45) is 2.21. The molecule has 4 rings (SSSR count). The summed E-state index contributed by atoms with van der Waals surface area (Å²) in [5.41, 5.74) is 2.69. The van der Waals surface area contributed by atoms with Crippen molar-refractivity contribution in [3.8, 4) is 23.0 Å². The third-order valence-corrected chi connectivity index (χ3v) is 5.07. The van der Waals surface area contributed by atoms with Crippen LogP contribution in [0.15, 0.2) is 109 Å². The lowest BCUT2D eigenvalue weighted by atomic mass is 10.0. The van der Waals surface area contributed by atoms with E-state index in [1.165, 1.54) is 11.1 Å². The molecule has 0 saturated carbocycles. The van der Waals surface area contributed by atoms with Crippen LogP contribution in [0.5, 0.6) is 23.0 Å². The summed E-state index contributed by atoms with van der Waals surface area (Å²) >= 11 is 0. The first kappa shape index (κ1) is 25.1. The molecule has 0 aliphatic rings. The van der Waals surface area contributed by atoms with Gasteiger partial charge in [0.15, 0.2) is 0 Å². The first-order chi connectivity index (χ1) is 16.5. The van der Waals surface area contributed by atoms with Crippen LogP contribution in [-0.2, 0) is 12.8 Å². The molecule has 0 spiro atoms. The SMILES string of the molecule is CC(C)Cc1ccc(Oc2ccccc2)cc1.CC(C)Cc1cccc(Oc2ccccc2)c1. The maximum Gasteiger partial charge on any atom is 0.127 e. The number of ether oxygens (including phenoxy) is 2. The molecule has 0 fully saturated rings. The Morgan fingerprint density at radius 2 is 0.882 bits per heavy atom. The van der Waals surface area contributed by atoms with E-state index in [2.05, 4.69) is 58.0 Å². The minimum Gasteiger partial charge on any atom is -0.457 e. The number of hydrogen-bond acceptors (Lipinski definition) is 2. The van der Waals surface area contributed by atoms with Crippen molar-refractivity contribution >= 4 is 0 Å². The Morgan fingerprint density at radius 3 is 1.41 bits per heavy atom. The van der Waals surface area contributed by atoms with E-state index in [0.29, 0.717) is 11.8 Å². The summed E-state index contributed by atoms with van der Waals surface area (Å²) in [6.45, 7) is 8.91. The van der Waals surface area contributed by atoms with Crippen LogP contribution < -0.4 is 9.47 Å². The molecule has 0 unspecified atom stereocenters. The van der Waals surface area contributed by atoms with Gasteiger partial charge in [0.2, 0.25) is 0 Å². The van der Waals surface area contributed by atoms with Crippen molar-refractivity contribution in [1.29, 1.82) is 0 Å². The Balaban J connectivity index is 0.000000191. The molecule has 176 valence electrons. The summed E-state index contributed by atoms with van der Waals surface area (Å²) in [5, 5.41) is 0. The molecule has 0 aliphatic heterocycles. The van der Waals surface area contributed by atoms with Gasteiger partial charge in [0.25, 0.3) is 0 Å². The van der Waals surface area contributed by atoms with Gasteiger partial charge in [-0.15, -0.1) is 0 Å². The van der Waals surface area contributed by atoms with Crippen molar-refractivity contribution in [1.82, 2.24) is 0 Å². The second-order valence-corrected chi connectivity index (χ2v) is 9.32. The van der Waals surface area contributed by atoms with E-state index in [4.69, 9.17) is 9.47 Å². The average Bonchev–Trinajstić information content (AvgIpc) is 2.82. The zero-order valence-electron chi connectivity index (χ0n) is 20.8. The van der Waals surface area contributed by atoms with Crippen LogP contribution in [-0.4, -0.2) is 0 Å². The summed E-state index contributed by atoms with van der Waals surface area (Å²) < 4.78 is 11.5. The molecule has 0 heterocycles. The first-order valence-corrected chi connectivity index (χ1v) is 12.1. The van der Waals surface area contributed by atoms with Gasteiger partial charge in [-0.2, -0.15) is 0 Å². The second kappa shape index (κ2) is 13.3. The zero-order chi connectivity index (χ0) is 24.2. The topological polar surface area (TPSA) is 18.5 Å². The Labute approximate surface area is 205 Å². The van der Waals surface area contributed by atoms with E-state index < -0.39 is 0 Å². The smallest absolute Gasteiger partial charge is 0.127 e. The van der Waals surface area contributed by atoms with Gasteiger partial charge in [0.05, 0.1) is 0 Å². The van der Waals surface area contributed by atoms with Crippen molar-refractivity contribution in [3.63, 3.8) is 0 Å². The summed E-state index contributed by atoms with van der Waals surface area (Å²) in [5.74, 6) is 4.93. The van der Waals surface area contributed by atoms with Crippen LogP contribution in [0.4, 0.5) is 0 Å². The number of benzene rings is 4. The molecule has 0 bridgehead atoms. The first-order valence-electron chi connectivity index (χ1n) is 12.1. The molecule has 0 aromatic heterocycles. The fourth-order valence-electron chi connectivity index (χ4n) is 3.62. The Kier molecular flexibility index (Phi) is 9.79. The van der Waals surface area contributed by atoms with E-state index >= 15 is 0 Å². The fourth-order valence-corrected chi connectivity index (χ4v) is 3.62. The number of para-hydroxylation sites is 2. The molecule has 4 aromatic rings. The highest BCUT2D eigenvalue weighted by molar-refractivity contribution is 5.34. The maximum atomic E-state index is 5.80. The van der Waals surface area contributed by atoms with Gasteiger partial charge in [0.1, 0.15) is 23.0 Å². The highest BCUT2D eigenvalue weighted by Crippen LogP contribution is 2.23. The Hall–Kier alpha value is -3.52. The van der Waals surface area contributed by atoms with Crippen LogP contribution in [0, 0.1) is 11.8 Å². The monoisotopic (exact) mass is 452 g/mol. The summed E-state index contributed by atoms with van der Waals surface area (Å²) in [7, 11) is 0. The third-order valence-electron chi connectivity index (χ3n) is 5.07. The van der Waals surface area contributed by atoms with Crippen molar-refractivity contribution in [2.24, 2.45) is 11.8 Å². The lowest BCUT2D eigenvalue weighted by Crippen LogP contribution is -1.94. The second-order valence-electron chi connectivity index (χ2n) is 9.32. The van der Waals surface area contributed by atoms with Gasteiger partial charge < -0.3 is 9.47 Å². The van der Waals surface area contributed by atoms with Crippen molar-refractivity contribution in [2.45, 2.75) is 40.5 Å². The standard InChI is InChI=1S/2C16H18O/c1-13(2)11-14-7-6-10-16(12-14)17-15-8-4-3-5-9-15;1-13(2)12-14-8-10-16(11-9-14)17-15-6-4-3-5-7-15/h3-10,12-13H,11H2,1-2H3;3-11,13H,12H2,1-2H3. The van der Waals surface area contributed by atoms with E-state index in [9.17, 15) is 0 Å². The quantitative estimate of drug-likeness (QED) is 0.265. The van der Waals surface area contributed by atoms with E-state index in [1.807, 2.05) is 78.9 Å². The van der Waals surface area contributed by atoms with Gasteiger partial charge in [-0.05, 0) is 84.3 Å². The molecule has 2 nitrogen and oxygen atoms in total. The molecule has 0 saturated heterocycles. The van der Waals surface area contributed by atoms with Crippen LogP contribution in [0.3, 0.4) is 0 Å². The van der Waals surface area contributed by atoms with Gasteiger partial charge >= 0.3 is 0 Å². The van der Waals surface area contributed by atoms with Gasteiger partial charge in [-0.1, -0.05) is 88.4 Å². The third kappa shape index (κ3) is 9.15.